The molecule has 0 aliphatic rings. The molecular weight excluding hydrogens is 224 g/mol. The molecule has 3 nitrogen and oxygen atoms in total. The topological polar surface area (TPSA) is 44.9 Å². The Morgan fingerprint density at radius 2 is 1.94 bits per heavy atom. The lowest BCUT2D eigenvalue weighted by atomic mass is 10.0. The molecule has 0 atom stereocenters. The van der Waals surface area contributed by atoms with Crippen molar-refractivity contribution in [2.75, 3.05) is 0 Å². The first-order chi connectivity index (χ1) is 8.66. The van der Waals surface area contributed by atoms with E-state index in [4.69, 9.17) is 0 Å². The maximum atomic E-state index is 11.9. The Morgan fingerprint density at radius 3 is 2.50 bits per heavy atom. The Hall–Kier alpha value is -2.03. The summed E-state index contributed by atoms with van der Waals surface area (Å²) < 4.78 is 0. The van der Waals surface area contributed by atoms with Crippen molar-refractivity contribution in [3.05, 3.63) is 59.4 Å². The van der Waals surface area contributed by atoms with Crippen LogP contribution in [0.3, 0.4) is 0 Å². The van der Waals surface area contributed by atoms with Gasteiger partial charge in [-0.05, 0) is 35.2 Å². The van der Waals surface area contributed by atoms with Crippen molar-refractivity contribution >= 4 is 5.91 Å². The first-order valence-electron chi connectivity index (χ1n) is 6.16. The van der Waals surface area contributed by atoms with Gasteiger partial charge in [0.05, 0.1) is 0 Å². The average molecular weight is 242 g/mol. The van der Waals surface area contributed by atoms with E-state index < -0.39 is 0 Å². The average Bonchev–Trinajstić information content (AvgIpc) is 2.89. The van der Waals surface area contributed by atoms with Crippen LogP contribution in [0.15, 0.2) is 42.7 Å². The van der Waals surface area contributed by atoms with Crippen LogP contribution in [0.2, 0.25) is 0 Å². The quantitative estimate of drug-likeness (QED) is 0.850. The lowest BCUT2D eigenvalue weighted by Crippen LogP contribution is -2.22. The molecule has 2 N–H and O–H groups in total. The number of rotatable bonds is 4. The molecule has 0 spiro atoms. The van der Waals surface area contributed by atoms with E-state index in [1.165, 1.54) is 5.56 Å². The Bertz CT molecular complexity index is 498. The predicted molar refractivity (Wildman–Crippen MR) is 72.5 cm³/mol. The Labute approximate surface area is 107 Å². The lowest BCUT2D eigenvalue weighted by molar-refractivity contribution is 0.0951. The van der Waals surface area contributed by atoms with Crippen LogP contribution in [0.5, 0.6) is 0 Å². The second-order valence-electron chi connectivity index (χ2n) is 4.68. The Kier molecular flexibility index (Phi) is 3.82. The Morgan fingerprint density at radius 1 is 1.22 bits per heavy atom. The number of hydrogen-bond acceptors (Lipinski definition) is 1. The molecular formula is C15H18N2O. The van der Waals surface area contributed by atoms with E-state index in [1.54, 1.807) is 0 Å². The van der Waals surface area contributed by atoms with Crippen LogP contribution >= 0.6 is 0 Å². The summed E-state index contributed by atoms with van der Waals surface area (Å²) in [5, 5.41) is 2.89. The van der Waals surface area contributed by atoms with Gasteiger partial charge in [0.1, 0.15) is 0 Å². The van der Waals surface area contributed by atoms with E-state index >= 15 is 0 Å². The monoisotopic (exact) mass is 242 g/mol. The van der Waals surface area contributed by atoms with Crippen LogP contribution < -0.4 is 5.32 Å². The van der Waals surface area contributed by atoms with E-state index in [0.29, 0.717) is 18.0 Å². The highest BCUT2D eigenvalue weighted by molar-refractivity contribution is 5.94. The van der Waals surface area contributed by atoms with Gasteiger partial charge in [-0.1, -0.05) is 26.0 Å². The summed E-state index contributed by atoms with van der Waals surface area (Å²) in [4.78, 5) is 14.9. The molecule has 2 aromatic rings. The van der Waals surface area contributed by atoms with Crippen molar-refractivity contribution in [1.29, 1.82) is 0 Å². The normalized spacial score (nSPS) is 10.6. The third-order valence-corrected chi connectivity index (χ3v) is 2.95. The molecule has 1 amide bonds. The summed E-state index contributed by atoms with van der Waals surface area (Å²) in [6, 6.07) is 9.72. The van der Waals surface area contributed by atoms with Gasteiger partial charge in [0.25, 0.3) is 5.91 Å². The summed E-state index contributed by atoms with van der Waals surface area (Å²) >= 11 is 0. The maximum absolute atomic E-state index is 11.9. The number of aromatic nitrogens is 1. The van der Waals surface area contributed by atoms with Crippen LogP contribution in [-0.2, 0) is 6.54 Å². The van der Waals surface area contributed by atoms with E-state index in [1.807, 2.05) is 42.7 Å². The predicted octanol–water partition coefficient (Wildman–Crippen LogP) is 3.07. The number of aromatic amines is 1. The molecule has 18 heavy (non-hydrogen) atoms. The van der Waals surface area contributed by atoms with Crippen molar-refractivity contribution in [3.8, 4) is 0 Å². The van der Waals surface area contributed by atoms with Gasteiger partial charge in [-0.3, -0.25) is 4.79 Å². The van der Waals surface area contributed by atoms with Gasteiger partial charge in [0, 0.05) is 24.5 Å². The van der Waals surface area contributed by atoms with Crippen LogP contribution in [0.4, 0.5) is 0 Å². The van der Waals surface area contributed by atoms with Crippen LogP contribution in [-0.4, -0.2) is 10.9 Å². The number of benzene rings is 1. The van der Waals surface area contributed by atoms with Gasteiger partial charge in [-0.15, -0.1) is 0 Å². The van der Waals surface area contributed by atoms with Crippen molar-refractivity contribution < 1.29 is 4.79 Å². The second kappa shape index (κ2) is 5.54. The molecule has 3 heteroatoms. The van der Waals surface area contributed by atoms with Gasteiger partial charge in [-0.2, -0.15) is 0 Å². The second-order valence-corrected chi connectivity index (χ2v) is 4.68. The molecule has 0 aliphatic carbocycles. The SMILES string of the molecule is CC(C)c1ccc(C(=O)NCc2cc[nH]c2)cc1. The van der Waals surface area contributed by atoms with Crippen LogP contribution in [0.1, 0.15) is 41.3 Å². The molecule has 94 valence electrons. The van der Waals surface area contributed by atoms with Gasteiger partial charge in [0.15, 0.2) is 0 Å². The molecule has 0 fully saturated rings. The first-order valence-corrected chi connectivity index (χ1v) is 6.16. The highest BCUT2D eigenvalue weighted by Crippen LogP contribution is 2.14. The molecule has 2 rings (SSSR count). The fourth-order valence-corrected chi connectivity index (χ4v) is 1.77. The third-order valence-electron chi connectivity index (χ3n) is 2.95. The number of amides is 1. The van der Waals surface area contributed by atoms with E-state index in [-0.39, 0.29) is 5.91 Å². The van der Waals surface area contributed by atoms with E-state index in [2.05, 4.69) is 24.1 Å². The summed E-state index contributed by atoms with van der Waals surface area (Å²) in [7, 11) is 0. The van der Waals surface area contributed by atoms with E-state index in [0.717, 1.165) is 5.56 Å². The Balaban J connectivity index is 1.96. The largest absolute Gasteiger partial charge is 0.367 e. The van der Waals surface area contributed by atoms with E-state index in [9.17, 15) is 4.79 Å². The number of hydrogen-bond donors (Lipinski definition) is 2. The highest BCUT2D eigenvalue weighted by Gasteiger charge is 2.06. The molecule has 0 aliphatic heterocycles. The zero-order valence-corrected chi connectivity index (χ0v) is 10.7. The van der Waals surface area contributed by atoms with Gasteiger partial charge in [-0.25, -0.2) is 0 Å². The highest BCUT2D eigenvalue weighted by atomic mass is 16.1. The molecule has 0 saturated heterocycles. The zero-order chi connectivity index (χ0) is 13.0. The minimum absolute atomic E-state index is 0.0356. The summed E-state index contributed by atoms with van der Waals surface area (Å²) in [5.41, 5.74) is 3.02. The molecule has 0 radical (unpaired) electrons. The molecule has 1 heterocycles. The molecule has 0 bridgehead atoms. The van der Waals surface area contributed by atoms with Gasteiger partial charge < -0.3 is 10.3 Å². The number of carbonyl (C=O) groups is 1. The van der Waals surface area contributed by atoms with Gasteiger partial charge >= 0.3 is 0 Å². The minimum Gasteiger partial charge on any atom is -0.367 e. The number of carbonyl (C=O) groups excluding carboxylic acids is 1. The summed E-state index contributed by atoms with van der Waals surface area (Å²) in [5.74, 6) is 0.452. The van der Waals surface area contributed by atoms with Crippen molar-refractivity contribution in [2.45, 2.75) is 26.3 Å². The first kappa shape index (κ1) is 12.4. The summed E-state index contributed by atoms with van der Waals surface area (Å²) in [6.07, 6.45) is 3.72. The standard InChI is InChI=1S/C15H18N2O/c1-11(2)13-3-5-14(6-4-13)15(18)17-10-12-7-8-16-9-12/h3-9,11,16H,10H2,1-2H3,(H,17,18). The van der Waals surface area contributed by atoms with Crippen LogP contribution in [0, 0.1) is 0 Å². The molecule has 1 aromatic heterocycles. The molecule has 0 unspecified atom stereocenters. The molecule has 1 aromatic carbocycles. The molecule has 0 saturated carbocycles. The van der Waals surface area contributed by atoms with Gasteiger partial charge in [0.2, 0.25) is 0 Å². The smallest absolute Gasteiger partial charge is 0.251 e. The number of H-pyrrole nitrogens is 1. The lowest BCUT2D eigenvalue weighted by Gasteiger charge is -2.07. The fraction of sp³-hybridized carbons (Fsp3) is 0.267. The van der Waals surface area contributed by atoms with Crippen molar-refractivity contribution in [1.82, 2.24) is 10.3 Å². The van der Waals surface area contributed by atoms with Crippen molar-refractivity contribution in [2.24, 2.45) is 0 Å². The maximum Gasteiger partial charge on any atom is 0.251 e. The minimum atomic E-state index is -0.0356. The van der Waals surface area contributed by atoms with Crippen LogP contribution in [0.25, 0.3) is 0 Å². The summed E-state index contributed by atoms with van der Waals surface area (Å²) in [6.45, 7) is 4.83. The third kappa shape index (κ3) is 3.00. The fourth-order valence-electron chi connectivity index (χ4n) is 1.77. The van der Waals surface area contributed by atoms with Crippen molar-refractivity contribution in [3.63, 3.8) is 0 Å². The number of nitrogens with one attached hydrogen (secondary N) is 2. The zero-order valence-electron chi connectivity index (χ0n) is 10.7.